The van der Waals surface area contributed by atoms with Gasteiger partial charge < -0.3 is 9.47 Å². The Hall–Kier alpha value is -2.60. The van der Waals surface area contributed by atoms with Crippen LogP contribution in [0.3, 0.4) is 0 Å². The molecule has 5 rings (SSSR count). The minimum atomic E-state index is -4.34. The molecule has 154 valence electrons. The van der Waals surface area contributed by atoms with Crippen molar-refractivity contribution in [3.8, 4) is 11.5 Å². The van der Waals surface area contributed by atoms with E-state index in [1.165, 1.54) is 17.7 Å². The summed E-state index contributed by atoms with van der Waals surface area (Å²) in [6.07, 6.45) is -2.52. The predicted molar refractivity (Wildman–Crippen MR) is 110 cm³/mol. The Labute approximate surface area is 177 Å². The van der Waals surface area contributed by atoms with Crippen molar-refractivity contribution in [1.29, 1.82) is 0 Å². The molecule has 0 saturated heterocycles. The van der Waals surface area contributed by atoms with Crippen LogP contribution in [0.1, 0.15) is 34.6 Å². The first kappa shape index (κ1) is 19.4. The fraction of sp³-hybridized carbons (Fsp3) is 0.250. The van der Waals surface area contributed by atoms with E-state index in [9.17, 15) is 13.2 Å². The smallest absolute Gasteiger partial charge is 0.416 e. The van der Waals surface area contributed by atoms with Gasteiger partial charge >= 0.3 is 6.18 Å². The van der Waals surface area contributed by atoms with Gasteiger partial charge in [-0.25, -0.2) is 0 Å². The molecule has 2 aliphatic rings. The van der Waals surface area contributed by atoms with Gasteiger partial charge in [-0.05, 0) is 65.9 Å². The lowest BCUT2D eigenvalue weighted by Crippen LogP contribution is -2.24. The SMILES string of the molecule is FC(F)(F)c1ccc([C@@H]2c3cc4c(cc3CC[C@H]2Sc2ccccc2)OCO4)cc1. The van der Waals surface area contributed by atoms with Gasteiger partial charge in [-0.2, -0.15) is 13.2 Å². The van der Waals surface area contributed by atoms with Crippen LogP contribution >= 0.6 is 11.8 Å². The summed E-state index contributed by atoms with van der Waals surface area (Å²) in [5, 5.41) is 0.206. The Bertz CT molecular complexity index is 1050. The summed E-state index contributed by atoms with van der Waals surface area (Å²) >= 11 is 1.78. The van der Waals surface area contributed by atoms with Crippen molar-refractivity contribution < 1.29 is 22.6 Å². The molecule has 0 fully saturated rings. The Morgan fingerprint density at radius 2 is 1.57 bits per heavy atom. The monoisotopic (exact) mass is 428 g/mol. The molecule has 1 aliphatic heterocycles. The normalized spacial score (nSPS) is 20.1. The predicted octanol–water partition coefficient (Wildman–Crippen LogP) is 6.67. The van der Waals surface area contributed by atoms with Crippen molar-refractivity contribution in [3.05, 3.63) is 89.0 Å². The standard InChI is InChI=1S/C24H19F3O2S/c25-24(26,27)17-9-6-15(7-10-17)23-19-13-21-20(28-14-29-21)12-16(19)8-11-22(23)30-18-4-2-1-3-5-18/h1-7,9-10,12-13,22-23H,8,11,14H2/t22-,23-/m1/s1. The maximum atomic E-state index is 13.1. The van der Waals surface area contributed by atoms with Gasteiger partial charge in [-0.1, -0.05) is 30.3 Å². The first-order valence-corrected chi connectivity index (χ1v) is 10.7. The van der Waals surface area contributed by atoms with Crippen molar-refractivity contribution >= 4 is 11.8 Å². The molecule has 0 radical (unpaired) electrons. The summed E-state index contributed by atoms with van der Waals surface area (Å²) in [5.41, 5.74) is 2.55. The molecule has 1 heterocycles. The quantitative estimate of drug-likeness (QED) is 0.464. The summed E-state index contributed by atoms with van der Waals surface area (Å²) < 4.78 is 50.4. The van der Waals surface area contributed by atoms with E-state index in [-0.39, 0.29) is 18.0 Å². The van der Waals surface area contributed by atoms with Crippen LogP contribution in [0.4, 0.5) is 13.2 Å². The number of benzene rings is 3. The Morgan fingerprint density at radius 1 is 0.867 bits per heavy atom. The number of alkyl halides is 3. The van der Waals surface area contributed by atoms with Crippen LogP contribution in [0.25, 0.3) is 0 Å². The van der Waals surface area contributed by atoms with Crippen molar-refractivity contribution in [3.63, 3.8) is 0 Å². The summed E-state index contributed by atoms with van der Waals surface area (Å²) in [5.74, 6) is 1.42. The third kappa shape index (κ3) is 3.65. The number of halogens is 3. The number of thioether (sulfide) groups is 1. The van der Waals surface area contributed by atoms with E-state index >= 15 is 0 Å². The molecular weight excluding hydrogens is 409 g/mol. The summed E-state index contributed by atoms with van der Waals surface area (Å²) in [7, 11) is 0. The van der Waals surface area contributed by atoms with E-state index in [1.54, 1.807) is 23.9 Å². The van der Waals surface area contributed by atoms with Crippen molar-refractivity contribution in [2.24, 2.45) is 0 Å². The Balaban J connectivity index is 1.57. The van der Waals surface area contributed by atoms with Crippen molar-refractivity contribution in [2.45, 2.75) is 35.1 Å². The molecule has 0 N–H and O–H groups in total. The maximum absolute atomic E-state index is 13.1. The van der Waals surface area contributed by atoms with Crippen LogP contribution in [0, 0.1) is 0 Å². The van der Waals surface area contributed by atoms with E-state index in [0.29, 0.717) is 5.75 Å². The summed E-state index contributed by atoms with van der Waals surface area (Å²) in [4.78, 5) is 1.16. The lowest BCUT2D eigenvalue weighted by Gasteiger charge is -2.34. The molecule has 6 heteroatoms. The lowest BCUT2D eigenvalue weighted by molar-refractivity contribution is -0.137. The van der Waals surface area contributed by atoms with E-state index in [2.05, 4.69) is 12.1 Å². The second kappa shape index (κ2) is 7.58. The van der Waals surface area contributed by atoms with E-state index in [0.717, 1.165) is 34.6 Å². The maximum Gasteiger partial charge on any atom is 0.416 e. The van der Waals surface area contributed by atoms with Gasteiger partial charge in [0.05, 0.1) is 5.56 Å². The molecule has 0 spiro atoms. The van der Waals surface area contributed by atoms with Crippen LogP contribution in [0.5, 0.6) is 11.5 Å². The minimum Gasteiger partial charge on any atom is -0.454 e. The highest BCUT2D eigenvalue weighted by Gasteiger charge is 2.35. The molecule has 0 amide bonds. The molecule has 0 saturated carbocycles. The van der Waals surface area contributed by atoms with Crippen LogP contribution in [0.2, 0.25) is 0 Å². The highest BCUT2D eigenvalue weighted by atomic mass is 32.2. The van der Waals surface area contributed by atoms with Crippen LogP contribution < -0.4 is 9.47 Å². The molecule has 1 aliphatic carbocycles. The first-order chi connectivity index (χ1) is 14.5. The van der Waals surface area contributed by atoms with Crippen LogP contribution in [-0.2, 0) is 12.6 Å². The molecule has 0 bridgehead atoms. The van der Waals surface area contributed by atoms with Gasteiger partial charge in [0.2, 0.25) is 6.79 Å². The van der Waals surface area contributed by atoms with Crippen LogP contribution in [-0.4, -0.2) is 12.0 Å². The fourth-order valence-electron chi connectivity index (χ4n) is 4.24. The third-order valence-electron chi connectivity index (χ3n) is 5.67. The largest absolute Gasteiger partial charge is 0.454 e. The van der Waals surface area contributed by atoms with Gasteiger partial charge in [-0.15, -0.1) is 11.8 Å². The van der Waals surface area contributed by atoms with E-state index in [1.807, 2.05) is 30.3 Å². The van der Waals surface area contributed by atoms with Gasteiger partial charge in [0.25, 0.3) is 0 Å². The zero-order valence-electron chi connectivity index (χ0n) is 16.0. The molecule has 0 unspecified atom stereocenters. The third-order valence-corrected chi connectivity index (χ3v) is 7.02. The Morgan fingerprint density at radius 3 is 2.27 bits per heavy atom. The van der Waals surface area contributed by atoms with Gasteiger partial charge in [0.1, 0.15) is 0 Å². The van der Waals surface area contributed by atoms with Crippen LogP contribution in [0.15, 0.2) is 71.6 Å². The first-order valence-electron chi connectivity index (χ1n) is 9.80. The second-order valence-electron chi connectivity index (χ2n) is 7.51. The number of hydrogen-bond acceptors (Lipinski definition) is 3. The number of fused-ring (bicyclic) bond motifs is 2. The zero-order chi connectivity index (χ0) is 20.7. The summed E-state index contributed by atoms with van der Waals surface area (Å²) in [6.45, 7) is 0.200. The molecule has 3 aromatic carbocycles. The highest BCUT2D eigenvalue weighted by molar-refractivity contribution is 8.00. The highest BCUT2D eigenvalue weighted by Crippen LogP contribution is 2.48. The lowest BCUT2D eigenvalue weighted by atomic mass is 9.78. The number of aryl methyl sites for hydroxylation is 1. The van der Waals surface area contributed by atoms with Gasteiger partial charge in [0, 0.05) is 16.1 Å². The fourth-order valence-corrected chi connectivity index (χ4v) is 5.58. The second-order valence-corrected chi connectivity index (χ2v) is 8.82. The van der Waals surface area contributed by atoms with Gasteiger partial charge in [-0.3, -0.25) is 0 Å². The average molecular weight is 428 g/mol. The summed E-state index contributed by atoms with van der Waals surface area (Å²) in [6, 6.07) is 19.8. The molecule has 30 heavy (non-hydrogen) atoms. The van der Waals surface area contributed by atoms with Gasteiger partial charge in [0.15, 0.2) is 11.5 Å². The molecule has 2 atom stereocenters. The molecule has 2 nitrogen and oxygen atoms in total. The zero-order valence-corrected chi connectivity index (χ0v) is 16.8. The molecular formula is C24H19F3O2S. The topological polar surface area (TPSA) is 18.5 Å². The minimum absolute atomic E-state index is 0.0317. The molecule has 3 aromatic rings. The van der Waals surface area contributed by atoms with Crippen molar-refractivity contribution in [2.75, 3.05) is 6.79 Å². The average Bonchev–Trinajstić information content (AvgIpc) is 3.20. The number of ether oxygens (including phenoxy) is 2. The van der Waals surface area contributed by atoms with E-state index < -0.39 is 11.7 Å². The molecule has 0 aromatic heterocycles. The number of hydrogen-bond donors (Lipinski definition) is 0. The van der Waals surface area contributed by atoms with E-state index in [4.69, 9.17) is 9.47 Å². The van der Waals surface area contributed by atoms with Crippen molar-refractivity contribution in [1.82, 2.24) is 0 Å². The number of rotatable bonds is 3. The Kier molecular flexibility index (Phi) is 4.89.